The maximum absolute atomic E-state index is 13.7. The second-order valence-electron chi connectivity index (χ2n) is 6.02. The fourth-order valence-electron chi connectivity index (χ4n) is 2.79. The van der Waals surface area contributed by atoms with Gasteiger partial charge in [0.1, 0.15) is 5.82 Å². The van der Waals surface area contributed by atoms with Crippen LogP contribution in [0.5, 0.6) is 0 Å². The van der Waals surface area contributed by atoms with Crippen molar-refractivity contribution in [3.05, 3.63) is 54.3 Å². The number of piperidine rings is 1. The van der Waals surface area contributed by atoms with Crippen molar-refractivity contribution in [2.24, 2.45) is 0 Å². The molecule has 1 fully saturated rings. The second-order valence-corrected chi connectivity index (χ2v) is 9.64. The molecule has 1 aliphatic heterocycles. The number of nitrogens with one attached hydrogen (secondary N) is 1. The molecule has 26 heavy (non-hydrogen) atoms. The van der Waals surface area contributed by atoms with Gasteiger partial charge in [0.2, 0.25) is 10.0 Å². The molecule has 2 aromatic carbocycles. The van der Waals surface area contributed by atoms with Crippen LogP contribution in [0.15, 0.2) is 58.3 Å². The standard InChI is InChI=1S/C17H19FN2O4S2/c18-16-6-2-3-7-17(16)19-25(21,22)14-8-10-15(11-9-14)26(23,24)20-12-4-1-5-13-20/h2-3,6-11,19H,1,4-5,12-13H2. The predicted octanol–water partition coefficient (Wildman–Crippen LogP) is 2.80. The Bertz CT molecular complexity index is 984. The number of benzene rings is 2. The van der Waals surface area contributed by atoms with Crippen LogP contribution >= 0.6 is 0 Å². The van der Waals surface area contributed by atoms with Gasteiger partial charge in [-0.15, -0.1) is 0 Å². The smallest absolute Gasteiger partial charge is 0.261 e. The molecule has 0 bridgehead atoms. The number of nitrogens with zero attached hydrogens (tertiary/aromatic N) is 1. The van der Waals surface area contributed by atoms with Crippen LogP contribution in [0.2, 0.25) is 0 Å². The summed E-state index contributed by atoms with van der Waals surface area (Å²) in [5.41, 5.74) is -0.169. The zero-order chi connectivity index (χ0) is 18.8. The minimum atomic E-state index is -4.02. The quantitative estimate of drug-likeness (QED) is 0.839. The predicted molar refractivity (Wildman–Crippen MR) is 96.3 cm³/mol. The van der Waals surface area contributed by atoms with Crippen molar-refractivity contribution in [1.29, 1.82) is 0 Å². The number of para-hydroxylation sites is 1. The van der Waals surface area contributed by atoms with E-state index < -0.39 is 25.9 Å². The second kappa shape index (κ2) is 7.34. The van der Waals surface area contributed by atoms with Gasteiger partial charge in [0, 0.05) is 13.1 Å². The van der Waals surface area contributed by atoms with Crippen LogP contribution in [0.4, 0.5) is 10.1 Å². The number of hydrogen-bond donors (Lipinski definition) is 1. The van der Waals surface area contributed by atoms with Gasteiger partial charge in [-0.1, -0.05) is 18.6 Å². The van der Waals surface area contributed by atoms with Gasteiger partial charge in [-0.2, -0.15) is 4.31 Å². The molecule has 0 radical (unpaired) electrons. The Kier molecular flexibility index (Phi) is 5.31. The number of rotatable bonds is 5. The Hall–Kier alpha value is -1.97. The summed E-state index contributed by atoms with van der Waals surface area (Å²) in [5, 5.41) is 0. The van der Waals surface area contributed by atoms with Crippen molar-refractivity contribution in [3.8, 4) is 0 Å². The van der Waals surface area contributed by atoms with E-state index in [1.807, 2.05) is 0 Å². The summed E-state index contributed by atoms with van der Waals surface area (Å²) in [6.45, 7) is 0.939. The summed E-state index contributed by atoms with van der Waals surface area (Å²) in [6.07, 6.45) is 2.64. The van der Waals surface area contributed by atoms with Crippen molar-refractivity contribution in [1.82, 2.24) is 4.31 Å². The molecule has 1 heterocycles. The van der Waals surface area contributed by atoms with Crippen LogP contribution in [0, 0.1) is 5.82 Å². The Balaban J connectivity index is 1.83. The number of anilines is 1. The van der Waals surface area contributed by atoms with Crippen LogP contribution in [0.3, 0.4) is 0 Å². The molecule has 6 nitrogen and oxygen atoms in total. The Labute approximate surface area is 152 Å². The molecule has 0 aliphatic carbocycles. The Morgan fingerprint density at radius 1 is 0.808 bits per heavy atom. The lowest BCUT2D eigenvalue weighted by molar-refractivity contribution is 0.346. The summed E-state index contributed by atoms with van der Waals surface area (Å²) in [7, 11) is -7.65. The molecule has 0 spiro atoms. The zero-order valence-electron chi connectivity index (χ0n) is 13.9. The van der Waals surface area contributed by atoms with Crippen LogP contribution in [-0.4, -0.2) is 34.2 Å². The highest BCUT2D eigenvalue weighted by atomic mass is 32.2. The lowest BCUT2D eigenvalue weighted by Crippen LogP contribution is -2.35. The van der Waals surface area contributed by atoms with Crippen molar-refractivity contribution in [3.63, 3.8) is 0 Å². The van der Waals surface area contributed by atoms with Crippen LogP contribution in [0.25, 0.3) is 0 Å². The van der Waals surface area contributed by atoms with E-state index >= 15 is 0 Å². The first-order valence-corrected chi connectivity index (χ1v) is 11.1. The molecule has 1 aliphatic rings. The fourth-order valence-corrected chi connectivity index (χ4v) is 5.38. The van der Waals surface area contributed by atoms with Gasteiger partial charge in [-0.05, 0) is 49.2 Å². The third kappa shape index (κ3) is 3.89. The minimum Gasteiger partial charge on any atom is -0.277 e. The lowest BCUT2D eigenvalue weighted by Gasteiger charge is -2.25. The average Bonchev–Trinajstić information content (AvgIpc) is 2.64. The first-order valence-electron chi connectivity index (χ1n) is 8.18. The van der Waals surface area contributed by atoms with E-state index in [9.17, 15) is 21.2 Å². The van der Waals surface area contributed by atoms with Gasteiger partial charge in [0.05, 0.1) is 15.5 Å². The molecule has 2 aromatic rings. The first kappa shape index (κ1) is 18.8. The van der Waals surface area contributed by atoms with Crippen molar-refractivity contribution >= 4 is 25.7 Å². The Morgan fingerprint density at radius 3 is 2.00 bits per heavy atom. The highest BCUT2D eigenvalue weighted by Crippen LogP contribution is 2.23. The van der Waals surface area contributed by atoms with Crippen molar-refractivity contribution in [2.75, 3.05) is 17.8 Å². The minimum absolute atomic E-state index is 0.0456. The van der Waals surface area contributed by atoms with Gasteiger partial charge >= 0.3 is 0 Å². The van der Waals surface area contributed by atoms with Crippen LogP contribution in [-0.2, 0) is 20.0 Å². The SMILES string of the molecule is O=S(=O)(Nc1ccccc1F)c1ccc(S(=O)(=O)N2CCCCC2)cc1. The highest BCUT2D eigenvalue weighted by Gasteiger charge is 2.26. The first-order chi connectivity index (χ1) is 12.3. The van der Waals surface area contributed by atoms with Crippen LogP contribution < -0.4 is 4.72 Å². The molecule has 0 unspecified atom stereocenters. The van der Waals surface area contributed by atoms with E-state index in [0.717, 1.165) is 25.3 Å². The number of sulfonamides is 2. The molecule has 0 amide bonds. The third-order valence-electron chi connectivity index (χ3n) is 4.21. The average molecular weight is 398 g/mol. The summed E-state index contributed by atoms with van der Waals surface area (Å²) in [6, 6.07) is 10.4. The molecule has 0 saturated carbocycles. The summed E-state index contributed by atoms with van der Waals surface area (Å²) in [5.74, 6) is -0.694. The van der Waals surface area contributed by atoms with E-state index in [1.54, 1.807) is 0 Å². The lowest BCUT2D eigenvalue weighted by atomic mass is 10.2. The number of halogens is 1. The van der Waals surface area contributed by atoms with Crippen LogP contribution in [0.1, 0.15) is 19.3 Å². The van der Waals surface area contributed by atoms with Crippen molar-refractivity contribution in [2.45, 2.75) is 29.1 Å². The maximum atomic E-state index is 13.7. The maximum Gasteiger partial charge on any atom is 0.261 e. The topological polar surface area (TPSA) is 83.5 Å². The van der Waals surface area contributed by atoms with Gasteiger partial charge < -0.3 is 0 Å². The zero-order valence-corrected chi connectivity index (χ0v) is 15.6. The fraction of sp³-hybridized carbons (Fsp3) is 0.294. The van der Waals surface area contributed by atoms with E-state index in [-0.39, 0.29) is 15.5 Å². The molecule has 0 aromatic heterocycles. The van der Waals surface area contributed by atoms with Gasteiger partial charge in [-0.3, -0.25) is 4.72 Å². The molecule has 0 atom stereocenters. The summed E-state index contributed by atoms with van der Waals surface area (Å²) < 4.78 is 67.2. The van der Waals surface area contributed by atoms with Gasteiger partial charge in [0.25, 0.3) is 10.0 Å². The number of hydrogen-bond acceptors (Lipinski definition) is 4. The van der Waals surface area contributed by atoms with E-state index in [0.29, 0.717) is 13.1 Å². The van der Waals surface area contributed by atoms with Crippen molar-refractivity contribution < 1.29 is 21.2 Å². The molecule has 1 saturated heterocycles. The van der Waals surface area contributed by atoms with Gasteiger partial charge in [0.15, 0.2) is 0 Å². The van der Waals surface area contributed by atoms with E-state index in [4.69, 9.17) is 0 Å². The summed E-state index contributed by atoms with van der Waals surface area (Å²) in [4.78, 5) is -0.0948. The molecular weight excluding hydrogens is 379 g/mol. The van der Waals surface area contributed by atoms with E-state index in [1.165, 1.54) is 46.8 Å². The third-order valence-corrected chi connectivity index (χ3v) is 7.50. The van der Waals surface area contributed by atoms with Gasteiger partial charge in [-0.25, -0.2) is 21.2 Å². The molecule has 1 N–H and O–H groups in total. The summed E-state index contributed by atoms with van der Waals surface area (Å²) >= 11 is 0. The molecule has 140 valence electrons. The largest absolute Gasteiger partial charge is 0.277 e. The monoisotopic (exact) mass is 398 g/mol. The Morgan fingerprint density at radius 2 is 1.38 bits per heavy atom. The normalized spacial score (nSPS) is 16.3. The molecule has 9 heteroatoms. The molecular formula is C17H19FN2O4S2. The highest BCUT2D eigenvalue weighted by molar-refractivity contribution is 7.92. The van der Waals surface area contributed by atoms with E-state index in [2.05, 4.69) is 4.72 Å². The molecule has 3 rings (SSSR count).